The zero-order valence-corrected chi connectivity index (χ0v) is 13.7. The van der Waals surface area contributed by atoms with Crippen LogP contribution in [-0.4, -0.2) is 41.9 Å². The molecular weight excluding hydrogens is 373 g/mol. The Kier molecular flexibility index (Phi) is 6.86. The number of nitro groups is 1. The minimum atomic E-state index is -0.497. The van der Waals surface area contributed by atoms with Crippen molar-refractivity contribution in [3.8, 4) is 0 Å². The maximum Gasteiger partial charge on any atom is 0.270 e. The summed E-state index contributed by atoms with van der Waals surface area (Å²) in [6, 6.07) is 4.29. The lowest BCUT2D eigenvalue weighted by molar-refractivity contribution is -0.384. The Morgan fingerprint density at radius 1 is 1.40 bits per heavy atom. The average molecular weight is 391 g/mol. The van der Waals surface area contributed by atoms with Gasteiger partial charge in [-0.2, -0.15) is 0 Å². The lowest BCUT2D eigenvalue weighted by atomic mass is 10.2. The Balaban J connectivity index is 2.67. The lowest BCUT2D eigenvalue weighted by Crippen LogP contribution is -2.35. The third-order valence-corrected chi connectivity index (χ3v) is 3.95. The van der Waals surface area contributed by atoms with Crippen LogP contribution >= 0.6 is 22.6 Å². The molecule has 0 radical (unpaired) electrons. The van der Waals surface area contributed by atoms with Crippen LogP contribution < -0.4 is 5.32 Å². The van der Waals surface area contributed by atoms with Gasteiger partial charge in [-0.05, 0) is 41.7 Å². The van der Waals surface area contributed by atoms with Crippen molar-refractivity contribution in [3.05, 3.63) is 37.4 Å². The van der Waals surface area contributed by atoms with Crippen LogP contribution in [0.1, 0.15) is 24.2 Å². The number of nitrogens with one attached hydrogen (secondary N) is 1. The molecule has 0 bridgehead atoms. The van der Waals surface area contributed by atoms with Crippen molar-refractivity contribution in [2.24, 2.45) is 0 Å². The van der Waals surface area contributed by atoms with E-state index >= 15 is 0 Å². The predicted octanol–water partition coefficient (Wildman–Crippen LogP) is 2.27. The molecular formula is C13H18IN3O3. The minimum absolute atomic E-state index is 0.0701. The second-order valence-corrected chi connectivity index (χ2v) is 5.37. The molecule has 6 nitrogen and oxygen atoms in total. The summed E-state index contributed by atoms with van der Waals surface area (Å²) in [6.07, 6.45) is 0. The van der Waals surface area contributed by atoms with Gasteiger partial charge < -0.3 is 10.2 Å². The van der Waals surface area contributed by atoms with Crippen molar-refractivity contribution in [2.75, 3.05) is 26.2 Å². The first-order chi connectivity index (χ1) is 9.49. The number of nitro benzene ring substituents is 1. The van der Waals surface area contributed by atoms with Crippen molar-refractivity contribution >= 4 is 34.2 Å². The number of hydrogen-bond acceptors (Lipinski definition) is 4. The van der Waals surface area contributed by atoms with Gasteiger partial charge in [0.05, 0.1) is 10.5 Å². The smallest absolute Gasteiger partial charge is 0.270 e. The standard InChI is InChI=1S/C13H18IN3O3/c1-3-16(4-2)8-7-15-13(18)11-9-10(17(19)20)5-6-12(11)14/h5-6,9H,3-4,7-8H2,1-2H3,(H,15,18). The molecule has 0 heterocycles. The maximum absolute atomic E-state index is 12.0. The van der Waals surface area contributed by atoms with E-state index in [9.17, 15) is 14.9 Å². The van der Waals surface area contributed by atoms with E-state index in [1.54, 1.807) is 6.07 Å². The SMILES string of the molecule is CCN(CC)CCNC(=O)c1cc([N+](=O)[O-])ccc1I. The van der Waals surface area contributed by atoms with Gasteiger partial charge in [0, 0.05) is 28.8 Å². The normalized spacial score (nSPS) is 10.6. The summed E-state index contributed by atoms with van der Waals surface area (Å²) in [5, 5.41) is 13.5. The highest BCUT2D eigenvalue weighted by Crippen LogP contribution is 2.19. The van der Waals surface area contributed by atoms with Gasteiger partial charge in [0.2, 0.25) is 0 Å². The van der Waals surface area contributed by atoms with Gasteiger partial charge in [-0.15, -0.1) is 0 Å². The molecule has 0 fully saturated rings. The number of likely N-dealkylation sites (N-methyl/N-ethyl adjacent to an activating group) is 1. The number of benzene rings is 1. The monoisotopic (exact) mass is 391 g/mol. The molecule has 0 aliphatic heterocycles. The summed E-state index contributed by atoms with van der Waals surface area (Å²) in [5.41, 5.74) is 0.277. The molecule has 1 rings (SSSR count). The Morgan fingerprint density at radius 3 is 2.60 bits per heavy atom. The summed E-state index contributed by atoms with van der Waals surface area (Å²) in [7, 11) is 0. The number of nitrogens with zero attached hydrogens (tertiary/aromatic N) is 2. The highest BCUT2D eigenvalue weighted by atomic mass is 127. The third kappa shape index (κ3) is 4.71. The number of carbonyl (C=O) groups excluding carboxylic acids is 1. The molecule has 1 amide bonds. The Bertz CT molecular complexity index is 490. The third-order valence-electron chi connectivity index (χ3n) is 3.01. The quantitative estimate of drug-likeness (QED) is 0.440. The van der Waals surface area contributed by atoms with Crippen LogP contribution in [0.2, 0.25) is 0 Å². The zero-order valence-electron chi connectivity index (χ0n) is 11.6. The summed E-state index contributed by atoms with van der Waals surface area (Å²) >= 11 is 2.00. The van der Waals surface area contributed by atoms with Gasteiger partial charge in [0.15, 0.2) is 0 Å². The lowest BCUT2D eigenvalue weighted by Gasteiger charge is -2.18. The molecule has 0 spiro atoms. The Labute approximate surface area is 131 Å². The largest absolute Gasteiger partial charge is 0.351 e. The van der Waals surface area contributed by atoms with E-state index in [0.29, 0.717) is 15.7 Å². The number of rotatable bonds is 7. The highest BCUT2D eigenvalue weighted by molar-refractivity contribution is 14.1. The van der Waals surface area contributed by atoms with Crippen LogP contribution in [-0.2, 0) is 0 Å². The topological polar surface area (TPSA) is 75.5 Å². The van der Waals surface area contributed by atoms with Gasteiger partial charge in [0.25, 0.3) is 11.6 Å². The summed E-state index contributed by atoms with van der Waals surface area (Å²) in [6.45, 7) is 7.29. The second kappa shape index (κ2) is 8.15. The molecule has 0 unspecified atom stereocenters. The summed E-state index contributed by atoms with van der Waals surface area (Å²) in [4.78, 5) is 24.5. The molecule has 1 N–H and O–H groups in total. The zero-order chi connectivity index (χ0) is 15.1. The van der Waals surface area contributed by atoms with Gasteiger partial charge in [-0.1, -0.05) is 13.8 Å². The fourth-order valence-corrected chi connectivity index (χ4v) is 2.34. The first-order valence-electron chi connectivity index (χ1n) is 6.44. The molecule has 1 aromatic rings. The second-order valence-electron chi connectivity index (χ2n) is 4.20. The van der Waals surface area contributed by atoms with E-state index in [4.69, 9.17) is 0 Å². The van der Waals surface area contributed by atoms with Crippen LogP contribution in [0.25, 0.3) is 0 Å². The van der Waals surface area contributed by atoms with Gasteiger partial charge >= 0.3 is 0 Å². The number of carbonyl (C=O) groups is 1. The Morgan fingerprint density at radius 2 is 2.05 bits per heavy atom. The van der Waals surface area contributed by atoms with E-state index in [2.05, 4.69) is 24.1 Å². The van der Waals surface area contributed by atoms with Crippen molar-refractivity contribution in [1.29, 1.82) is 0 Å². The van der Waals surface area contributed by atoms with E-state index < -0.39 is 4.92 Å². The van der Waals surface area contributed by atoms with Gasteiger partial charge in [-0.3, -0.25) is 14.9 Å². The molecule has 0 aliphatic rings. The minimum Gasteiger partial charge on any atom is -0.351 e. The van der Waals surface area contributed by atoms with Crippen LogP contribution in [0.15, 0.2) is 18.2 Å². The van der Waals surface area contributed by atoms with E-state index in [0.717, 1.165) is 19.6 Å². The number of non-ortho nitro benzene ring substituents is 1. The molecule has 0 saturated heterocycles. The fourth-order valence-electron chi connectivity index (χ4n) is 1.76. The molecule has 7 heteroatoms. The van der Waals surface area contributed by atoms with Crippen molar-refractivity contribution in [2.45, 2.75) is 13.8 Å². The van der Waals surface area contributed by atoms with Gasteiger partial charge in [-0.25, -0.2) is 0 Å². The number of amides is 1. The van der Waals surface area contributed by atoms with Crippen molar-refractivity contribution in [1.82, 2.24) is 10.2 Å². The van der Waals surface area contributed by atoms with E-state index in [1.807, 2.05) is 22.6 Å². The summed E-state index contributed by atoms with van der Waals surface area (Å²) in [5.74, 6) is -0.273. The van der Waals surface area contributed by atoms with Crippen LogP contribution in [0.3, 0.4) is 0 Å². The molecule has 1 aromatic carbocycles. The molecule has 110 valence electrons. The maximum atomic E-state index is 12.0. The van der Waals surface area contributed by atoms with E-state index in [1.165, 1.54) is 12.1 Å². The first-order valence-corrected chi connectivity index (χ1v) is 7.52. The first kappa shape index (κ1) is 16.8. The average Bonchev–Trinajstić information content (AvgIpc) is 2.43. The van der Waals surface area contributed by atoms with E-state index in [-0.39, 0.29) is 11.6 Å². The number of halogens is 1. The van der Waals surface area contributed by atoms with Crippen LogP contribution in [0.5, 0.6) is 0 Å². The van der Waals surface area contributed by atoms with Crippen molar-refractivity contribution in [3.63, 3.8) is 0 Å². The fraction of sp³-hybridized carbons (Fsp3) is 0.462. The molecule has 0 aliphatic carbocycles. The van der Waals surface area contributed by atoms with Crippen LogP contribution in [0.4, 0.5) is 5.69 Å². The molecule has 0 atom stereocenters. The summed E-state index contributed by atoms with van der Waals surface area (Å²) < 4.78 is 0.702. The predicted molar refractivity (Wildman–Crippen MR) is 85.9 cm³/mol. The Hall–Kier alpha value is -1.22. The van der Waals surface area contributed by atoms with Crippen LogP contribution in [0, 0.1) is 13.7 Å². The molecule has 0 aromatic heterocycles. The van der Waals surface area contributed by atoms with Gasteiger partial charge in [0.1, 0.15) is 0 Å². The highest BCUT2D eigenvalue weighted by Gasteiger charge is 2.15. The molecule has 0 saturated carbocycles. The molecule has 20 heavy (non-hydrogen) atoms. The number of hydrogen-bond donors (Lipinski definition) is 1. The van der Waals surface area contributed by atoms with Crippen molar-refractivity contribution < 1.29 is 9.72 Å².